The summed E-state index contributed by atoms with van der Waals surface area (Å²) in [6, 6.07) is 22.7. The number of carbonyl (C=O) groups is 2. The summed E-state index contributed by atoms with van der Waals surface area (Å²) >= 11 is 0. The average molecular weight is 599 g/mol. The summed E-state index contributed by atoms with van der Waals surface area (Å²) in [5, 5.41) is 3.70. The van der Waals surface area contributed by atoms with Crippen LogP contribution in [0.5, 0.6) is 5.75 Å². The first-order valence-electron chi connectivity index (χ1n) is 14.6. The SMILES string of the molecule is O=C1NC(=O)N(CCC2CCN(Cc3ccccc3)CC2)C1Cc1ccc(OS(=O)(=O)c2cccc3cnccc23)cc1. The third kappa shape index (κ3) is 6.71. The normalized spacial score (nSPS) is 18.2. The van der Waals surface area contributed by atoms with E-state index in [2.05, 4.69) is 39.5 Å². The summed E-state index contributed by atoms with van der Waals surface area (Å²) in [6.45, 7) is 3.52. The van der Waals surface area contributed by atoms with Gasteiger partial charge in [0.2, 0.25) is 0 Å². The molecular weight excluding hydrogens is 564 g/mol. The van der Waals surface area contributed by atoms with Gasteiger partial charge < -0.3 is 9.08 Å². The molecule has 0 radical (unpaired) electrons. The maximum Gasteiger partial charge on any atom is 0.339 e. The molecule has 0 spiro atoms. The van der Waals surface area contributed by atoms with Crippen LogP contribution in [0.15, 0.2) is 96.2 Å². The molecule has 2 aliphatic heterocycles. The molecule has 1 N–H and O–H groups in total. The van der Waals surface area contributed by atoms with Gasteiger partial charge >= 0.3 is 16.1 Å². The fourth-order valence-corrected chi connectivity index (χ4v) is 7.14. The monoisotopic (exact) mass is 598 g/mol. The minimum Gasteiger partial charge on any atom is -0.379 e. The van der Waals surface area contributed by atoms with Crippen LogP contribution >= 0.6 is 0 Å². The fraction of sp³-hybridized carbons (Fsp3) is 0.303. The minimum absolute atomic E-state index is 0.0649. The Bertz CT molecular complexity index is 1700. The highest BCUT2D eigenvalue weighted by atomic mass is 32.2. The lowest BCUT2D eigenvalue weighted by molar-refractivity contribution is -0.121. The minimum atomic E-state index is -4.09. The molecule has 2 aliphatic rings. The first kappa shape index (κ1) is 28.8. The Morgan fingerprint density at radius 3 is 2.42 bits per heavy atom. The van der Waals surface area contributed by atoms with Gasteiger partial charge in [-0.1, -0.05) is 54.6 Å². The summed E-state index contributed by atoms with van der Waals surface area (Å²) < 4.78 is 31.6. The van der Waals surface area contributed by atoms with E-state index in [-0.39, 0.29) is 22.6 Å². The number of likely N-dealkylation sites (tertiary alicyclic amines) is 1. The number of carbonyl (C=O) groups excluding carboxylic acids is 2. The molecule has 1 aromatic heterocycles. The highest BCUT2D eigenvalue weighted by Crippen LogP contribution is 2.27. The highest BCUT2D eigenvalue weighted by Gasteiger charge is 2.38. The lowest BCUT2D eigenvalue weighted by atomic mass is 9.92. The molecule has 222 valence electrons. The Morgan fingerprint density at radius 1 is 0.884 bits per heavy atom. The number of nitrogens with zero attached hydrogens (tertiary/aromatic N) is 3. The molecule has 3 heterocycles. The zero-order chi connectivity index (χ0) is 29.8. The van der Waals surface area contributed by atoms with Crippen LogP contribution in [-0.4, -0.2) is 60.8 Å². The summed E-state index contributed by atoms with van der Waals surface area (Å²) in [5.74, 6) is 0.362. The fourth-order valence-electron chi connectivity index (χ4n) is 5.99. The largest absolute Gasteiger partial charge is 0.379 e. The smallest absolute Gasteiger partial charge is 0.339 e. The van der Waals surface area contributed by atoms with Crippen molar-refractivity contribution in [3.8, 4) is 5.75 Å². The molecule has 0 aliphatic carbocycles. The molecule has 6 rings (SSSR count). The van der Waals surface area contributed by atoms with Gasteiger partial charge in [-0.3, -0.25) is 20.0 Å². The van der Waals surface area contributed by atoms with Crippen LogP contribution in [0, 0.1) is 5.92 Å². The number of pyridine rings is 1. The Morgan fingerprint density at radius 2 is 1.65 bits per heavy atom. The van der Waals surface area contributed by atoms with Crippen LogP contribution in [0.2, 0.25) is 0 Å². The lowest BCUT2D eigenvalue weighted by Gasteiger charge is -2.33. The van der Waals surface area contributed by atoms with Crippen molar-refractivity contribution in [2.24, 2.45) is 5.92 Å². The molecule has 3 aromatic carbocycles. The van der Waals surface area contributed by atoms with E-state index in [4.69, 9.17) is 4.18 Å². The van der Waals surface area contributed by atoms with E-state index in [0.29, 0.717) is 29.7 Å². The lowest BCUT2D eigenvalue weighted by Crippen LogP contribution is -2.39. The first-order valence-corrected chi connectivity index (χ1v) is 16.0. The molecular formula is C33H34N4O5S. The van der Waals surface area contributed by atoms with Crippen LogP contribution < -0.4 is 9.50 Å². The molecule has 43 heavy (non-hydrogen) atoms. The predicted molar refractivity (Wildman–Crippen MR) is 163 cm³/mol. The van der Waals surface area contributed by atoms with Crippen LogP contribution in [0.25, 0.3) is 10.8 Å². The number of piperidine rings is 1. The first-order chi connectivity index (χ1) is 20.9. The van der Waals surface area contributed by atoms with Gasteiger partial charge in [-0.05, 0) is 73.7 Å². The quantitative estimate of drug-likeness (QED) is 0.207. The van der Waals surface area contributed by atoms with Crippen molar-refractivity contribution in [2.45, 2.75) is 43.2 Å². The maximum atomic E-state index is 13.1. The summed E-state index contributed by atoms with van der Waals surface area (Å²) in [7, 11) is -4.09. The third-order valence-corrected chi connectivity index (χ3v) is 9.68. The summed E-state index contributed by atoms with van der Waals surface area (Å²) in [4.78, 5) is 33.6. The zero-order valence-corrected chi connectivity index (χ0v) is 24.6. The molecule has 2 saturated heterocycles. The van der Waals surface area contributed by atoms with Crippen LogP contribution in [-0.2, 0) is 27.9 Å². The topological polar surface area (TPSA) is 109 Å². The van der Waals surface area contributed by atoms with E-state index in [9.17, 15) is 18.0 Å². The molecule has 0 saturated carbocycles. The van der Waals surface area contributed by atoms with E-state index in [1.54, 1.807) is 59.8 Å². The summed E-state index contributed by atoms with van der Waals surface area (Å²) in [5.41, 5.74) is 2.12. The van der Waals surface area contributed by atoms with Crippen molar-refractivity contribution < 1.29 is 22.2 Å². The van der Waals surface area contributed by atoms with Gasteiger partial charge in [0.25, 0.3) is 5.91 Å². The molecule has 0 bridgehead atoms. The second-order valence-corrected chi connectivity index (χ2v) is 12.8. The number of benzene rings is 3. The van der Waals surface area contributed by atoms with Gasteiger partial charge in [-0.25, -0.2) is 4.79 Å². The standard InChI is InChI=1S/C33H34N4O5S/c38-32-30(37(33(39)35-32)20-16-24-14-18-36(19-15-24)23-26-5-2-1-3-6-26)21-25-9-11-28(12-10-25)42-43(40,41)31-8-4-7-27-22-34-17-13-29(27)31/h1-13,17,22,24,30H,14-16,18-21,23H2,(H,35,38,39). The molecule has 10 heteroatoms. The van der Waals surface area contributed by atoms with Crippen molar-refractivity contribution >= 4 is 32.8 Å². The van der Waals surface area contributed by atoms with E-state index in [0.717, 1.165) is 44.5 Å². The number of amides is 3. The molecule has 2 fully saturated rings. The number of hydrogen-bond acceptors (Lipinski definition) is 7. The van der Waals surface area contributed by atoms with Crippen molar-refractivity contribution in [3.05, 3.63) is 102 Å². The van der Waals surface area contributed by atoms with Crippen LogP contribution in [0.4, 0.5) is 4.79 Å². The van der Waals surface area contributed by atoms with E-state index in [1.165, 1.54) is 11.6 Å². The third-order valence-electron chi connectivity index (χ3n) is 8.37. The zero-order valence-electron chi connectivity index (χ0n) is 23.8. The molecule has 1 unspecified atom stereocenters. The van der Waals surface area contributed by atoms with E-state index in [1.807, 2.05) is 6.07 Å². The average Bonchev–Trinajstić information content (AvgIpc) is 3.28. The number of urea groups is 1. The second kappa shape index (κ2) is 12.5. The van der Waals surface area contributed by atoms with Gasteiger partial charge in [0.1, 0.15) is 16.7 Å². The van der Waals surface area contributed by atoms with Gasteiger partial charge in [-0.15, -0.1) is 0 Å². The number of fused-ring (bicyclic) bond motifs is 1. The number of hydrogen-bond donors (Lipinski definition) is 1. The Balaban J connectivity index is 1.04. The Kier molecular flexibility index (Phi) is 8.40. The second-order valence-electron chi connectivity index (χ2n) is 11.2. The van der Waals surface area contributed by atoms with Gasteiger partial charge in [0.05, 0.1) is 0 Å². The molecule has 1 atom stereocenters. The van der Waals surface area contributed by atoms with Crippen LogP contribution in [0.1, 0.15) is 30.4 Å². The molecule has 9 nitrogen and oxygen atoms in total. The number of aromatic nitrogens is 1. The summed E-state index contributed by atoms with van der Waals surface area (Å²) in [6.07, 6.45) is 6.47. The molecule has 4 aromatic rings. The highest BCUT2D eigenvalue weighted by molar-refractivity contribution is 7.87. The van der Waals surface area contributed by atoms with Crippen LogP contribution in [0.3, 0.4) is 0 Å². The number of imide groups is 1. The Hall–Kier alpha value is -4.28. The molecule has 3 amide bonds. The number of nitrogens with one attached hydrogen (secondary N) is 1. The van der Waals surface area contributed by atoms with Crippen molar-refractivity contribution in [2.75, 3.05) is 19.6 Å². The van der Waals surface area contributed by atoms with Gasteiger partial charge in [0, 0.05) is 42.7 Å². The van der Waals surface area contributed by atoms with Gasteiger partial charge in [0.15, 0.2) is 0 Å². The predicted octanol–water partition coefficient (Wildman–Crippen LogP) is 4.77. The van der Waals surface area contributed by atoms with Crippen molar-refractivity contribution in [1.29, 1.82) is 0 Å². The number of rotatable bonds is 10. The van der Waals surface area contributed by atoms with E-state index < -0.39 is 16.2 Å². The van der Waals surface area contributed by atoms with Crippen molar-refractivity contribution in [3.63, 3.8) is 0 Å². The van der Waals surface area contributed by atoms with Crippen molar-refractivity contribution in [1.82, 2.24) is 20.1 Å². The maximum absolute atomic E-state index is 13.1. The van der Waals surface area contributed by atoms with Gasteiger partial charge in [-0.2, -0.15) is 8.42 Å². The Labute approximate surface area is 251 Å². The van der Waals surface area contributed by atoms with E-state index >= 15 is 0 Å².